The molecule has 184 valence electrons. The minimum atomic E-state index is -1.39. The molecule has 0 aliphatic carbocycles. The highest BCUT2D eigenvalue weighted by Gasteiger charge is 2.49. The van der Waals surface area contributed by atoms with Gasteiger partial charge in [-0.1, -0.05) is 84.4 Å². The third-order valence-corrected chi connectivity index (χ3v) is 7.07. The van der Waals surface area contributed by atoms with Crippen molar-refractivity contribution in [2.24, 2.45) is 4.99 Å². The number of aliphatic imine (C=N–C) groups is 1. The summed E-state index contributed by atoms with van der Waals surface area (Å²) in [6, 6.07) is 28.0. The summed E-state index contributed by atoms with van der Waals surface area (Å²) in [7, 11) is 0. The summed E-state index contributed by atoms with van der Waals surface area (Å²) >= 11 is 7.11. The predicted octanol–water partition coefficient (Wildman–Crippen LogP) is 6.09. The first-order chi connectivity index (χ1) is 18.0. The Hall–Kier alpha value is -3.94. The van der Waals surface area contributed by atoms with Gasteiger partial charge in [0.15, 0.2) is 5.54 Å². The summed E-state index contributed by atoms with van der Waals surface area (Å²) in [6.45, 7) is 0.271. The van der Waals surface area contributed by atoms with Crippen LogP contribution in [0.3, 0.4) is 0 Å². The van der Waals surface area contributed by atoms with Crippen LogP contribution >= 0.6 is 23.4 Å². The van der Waals surface area contributed by atoms with E-state index < -0.39 is 11.4 Å². The molecule has 0 radical (unpaired) electrons. The van der Waals surface area contributed by atoms with Gasteiger partial charge in [0.1, 0.15) is 6.61 Å². The summed E-state index contributed by atoms with van der Waals surface area (Å²) in [5, 5.41) is 4.63. The fourth-order valence-corrected chi connectivity index (χ4v) is 5.10. The molecule has 8 heteroatoms. The van der Waals surface area contributed by atoms with Gasteiger partial charge in [-0.15, -0.1) is 0 Å². The lowest BCUT2D eigenvalue weighted by Gasteiger charge is -2.27. The molecule has 0 N–H and O–H groups in total. The van der Waals surface area contributed by atoms with E-state index in [9.17, 15) is 9.59 Å². The van der Waals surface area contributed by atoms with E-state index in [0.717, 1.165) is 22.9 Å². The molecule has 1 atom stereocenters. The Morgan fingerprint density at radius 3 is 2.27 bits per heavy atom. The number of benzene rings is 3. The highest BCUT2D eigenvalue weighted by molar-refractivity contribution is 8.26. The number of nitrogens with zero attached hydrogens (tertiary/aromatic N) is 3. The average molecular weight is 528 g/mol. The summed E-state index contributed by atoms with van der Waals surface area (Å²) in [4.78, 5) is 31.9. The second kappa shape index (κ2) is 11.0. The average Bonchev–Trinajstić information content (AvgIpc) is 3.57. The largest absolute Gasteiger partial charge is 0.468 e. The molecule has 6 nitrogen and oxygen atoms in total. The highest BCUT2D eigenvalue weighted by Crippen LogP contribution is 2.43. The smallest absolute Gasteiger partial charge is 0.271 e. The van der Waals surface area contributed by atoms with E-state index in [2.05, 4.69) is 5.10 Å². The van der Waals surface area contributed by atoms with Crippen molar-refractivity contribution in [1.82, 2.24) is 9.78 Å². The molecule has 37 heavy (non-hydrogen) atoms. The lowest BCUT2D eigenvalue weighted by molar-refractivity contribution is -0.113. The lowest BCUT2D eigenvalue weighted by atomic mass is 9.81. The van der Waals surface area contributed by atoms with Crippen molar-refractivity contribution in [2.45, 2.75) is 18.6 Å². The Bertz CT molecular complexity index is 1450. The Morgan fingerprint density at radius 2 is 1.62 bits per heavy atom. The number of halogens is 1. The van der Waals surface area contributed by atoms with Gasteiger partial charge in [0.25, 0.3) is 11.1 Å². The SMILES string of the molecule is O=C(/C=C(\c1ccc(Cl)cc1)[C@@]1(Cc2ccccc2)N=C(OCc2ccccc2)SC1=O)n1cccn1. The number of allylic oxidation sites excluding steroid dienone is 1. The number of ether oxygens (including phenoxy) is 1. The van der Waals surface area contributed by atoms with E-state index in [-0.39, 0.29) is 23.4 Å². The molecule has 4 aromatic rings. The first-order valence-corrected chi connectivity index (χ1v) is 12.8. The van der Waals surface area contributed by atoms with E-state index in [0.29, 0.717) is 16.2 Å². The van der Waals surface area contributed by atoms with Crippen molar-refractivity contribution in [1.29, 1.82) is 0 Å². The molecule has 2 heterocycles. The van der Waals surface area contributed by atoms with E-state index >= 15 is 0 Å². The normalized spacial score (nSPS) is 17.5. The monoisotopic (exact) mass is 527 g/mol. The van der Waals surface area contributed by atoms with Crippen LogP contribution in [0.4, 0.5) is 0 Å². The zero-order valence-corrected chi connectivity index (χ0v) is 21.2. The van der Waals surface area contributed by atoms with Gasteiger partial charge in [-0.05, 0) is 34.9 Å². The molecule has 0 unspecified atom stereocenters. The van der Waals surface area contributed by atoms with Crippen LogP contribution in [-0.2, 0) is 22.6 Å². The van der Waals surface area contributed by atoms with E-state index in [1.165, 1.54) is 17.0 Å². The van der Waals surface area contributed by atoms with Gasteiger partial charge >= 0.3 is 0 Å². The minimum Gasteiger partial charge on any atom is -0.468 e. The summed E-state index contributed by atoms with van der Waals surface area (Å²) in [5.41, 5.74) is 1.57. The van der Waals surface area contributed by atoms with Gasteiger partial charge in [-0.25, -0.2) is 9.67 Å². The predicted molar refractivity (Wildman–Crippen MR) is 146 cm³/mol. The lowest BCUT2D eigenvalue weighted by Crippen LogP contribution is -2.37. The van der Waals surface area contributed by atoms with Crippen LogP contribution in [-0.4, -0.2) is 31.6 Å². The van der Waals surface area contributed by atoms with Crippen molar-refractivity contribution in [2.75, 3.05) is 0 Å². The molecule has 0 saturated heterocycles. The maximum atomic E-state index is 13.8. The zero-order valence-electron chi connectivity index (χ0n) is 19.7. The number of hydrogen-bond donors (Lipinski definition) is 0. The number of carbonyl (C=O) groups is 2. The number of aromatic nitrogens is 2. The van der Waals surface area contributed by atoms with Gasteiger partial charge in [0, 0.05) is 47.2 Å². The molecule has 5 rings (SSSR count). The molecule has 1 aliphatic heterocycles. The summed E-state index contributed by atoms with van der Waals surface area (Å²) in [6.07, 6.45) is 4.77. The van der Waals surface area contributed by atoms with Crippen LogP contribution in [0.5, 0.6) is 0 Å². The first kappa shape index (κ1) is 24.7. The number of thioether (sulfide) groups is 1. The third kappa shape index (κ3) is 5.58. The van der Waals surface area contributed by atoms with E-state index in [4.69, 9.17) is 21.3 Å². The molecule has 0 amide bonds. The molecule has 0 saturated carbocycles. The second-order valence-corrected chi connectivity index (χ2v) is 9.78. The molecule has 0 spiro atoms. The fourth-order valence-electron chi connectivity index (χ4n) is 4.10. The van der Waals surface area contributed by atoms with E-state index in [1.807, 2.05) is 60.7 Å². The van der Waals surface area contributed by atoms with Crippen molar-refractivity contribution >= 4 is 45.2 Å². The van der Waals surface area contributed by atoms with Gasteiger partial charge in [-0.2, -0.15) is 5.10 Å². The number of hydrogen-bond acceptors (Lipinski definition) is 6. The fraction of sp³-hybridized carbons (Fsp3) is 0.103. The van der Waals surface area contributed by atoms with Crippen LogP contribution in [0.15, 0.2) is 114 Å². The van der Waals surface area contributed by atoms with Crippen molar-refractivity contribution in [3.05, 3.63) is 131 Å². The standard InChI is InChI=1S/C29H22ClN3O3S/c30-24-14-12-23(13-15-24)25(18-26(34)33-17-7-16-31-33)29(19-21-8-3-1-4-9-21)27(35)37-28(32-29)36-20-22-10-5-2-6-11-22/h1-18H,19-20H2/b25-18+/t29-/m1/s1. The third-order valence-electron chi connectivity index (χ3n) is 5.91. The molecule has 3 aromatic carbocycles. The Morgan fingerprint density at radius 1 is 0.946 bits per heavy atom. The van der Waals surface area contributed by atoms with Crippen LogP contribution < -0.4 is 0 Å². The van der Waals surface area contributed by atoms with Crippen molar-refractivity contribution in [3.63, 3.8) is 0 Å². The van der Waals surface area contributed by atoms with Gasteiger partial charge in [0.2, 0.25) is 5.12 Å². The van der Waals surface area contributed by atoms with Gasteiger partial charge in [0.05, 0.1) is 0 Å². The maximum Gasteiger partial charge on any atom is 0.271 e. The number of rotatable bonds is 7. The molecular weight excluding hydrogens is 506 g/mol. The zero-order chi connectivity index (χ0) is 25.7. The van der Waals surface area contributed by atoms with Crippen LogP contribution in [0.25, 0.3) is 5.57 Å². The van der Waals surface area contributed by atoms with Gasteiger partial charge in [-0.3, -0.25) is 9.59 Å². The highest BCUT2D eigenvalue weighted by atomic mass is 35.5. The number of carbonyl (C=O) groups excluding carboxylic acids is 2. The Labute approximate surface area is 223 Å². The maximum absolute atomic E-state index is 13.8. The topological polar surface area (TPSA) is 73.5 Å². The summed E-state index contributed by atoms with van der Waals surface area (Å²) < 4.78 is 7.19. The molecule has 1 aromatic heterocycles. The van der Waals surface area contributed by atoms with Crippen LogP contribution in [0.1, 0.15) is 21.5 Å². The molecule has 1 aliphatic rings. The summed E-state index contributed by atoms with van der Waals surface area (Å²) in [5.74, 6) is -0.394. The van der Waals surface area contributed by atoms with E-state index in [1.54, 1.807) is 36.5 Å². The van der Waals surface area contributed by atoms with Crippen molar-refractivity contribution in [3.8, 4) is 0 Å². The first-order valence-electron chi connectivity index (χ1n) is 11.6. The second-order valence-electron chi connectivity index (χ2n) is 8.42. The molecule has 0 fully saturated rings. The van der Waals surface area contributed by atoms with Gasteiger partial charge < -0.3 is 4.74 Å². The minimum absolute atomic E-state index is 0.228. The molecule has 0 bridgehead atoms. The molecular formula is C29H22ClN3O3S. The van der Waals surface area contributed by atoms with Crippen molar-refractivity contribution < 1.29 is 14.3 Å². The Balaban J connectivity index is 1.62. The quantitative estimate of drug-likeness (QED) is 0.272. The van der Waals surface area contributed by atoms with Crippen LogP contribution in [0, 0.1) is 0 Å². The van der Waals surface area contributed by atoms with Crippen LogP contribution in [0.2, 0.25) is 5.02 Å². The Kier molecular flexibility index (Phi) is 7.35.